The summed E-state index contributed by atoms with van der Waals surface area (Å²) >= 11 is 0. The minimum Gasteiger partial charge on any atom is -0.504 e. The molecule has 5 atom stereocenters. The quantitative estimate of drug-likeness (QED) is 0.307. The summed E-state index contributed by atoms with van der Waals surface area (Å²) in [5.74, 6) is -1.75. The molecule has 5 N–H and O–H groups in total. The summed E-state index contributed by atoms with van der Waals surface area (Å²) in [6.45, 7) is -0.652. The summed E-state index contributed by atoms with van der Waals surface area (Å²) in [6.07, 6.45) is -7.54. The lowest BCUT2D eigenvalue weighted by atomic mass is 9.99. The number of aromatic amines is 1. The first kappa shape index (κ1) is 22.6. The van der Waals surface area contributed by atoms with Crippen molar-refractivity contribution < 1.29 is 48.6 Å². The Morgan fingerprint density at radius 1 is 1.15 bits per heavy atom. The average molecular weight is 463 g/mol. The van der Waals surface area contributed by atoms with Crippen LogP contribution in [0.25, 0.3) is 11.1 Å². The molecular weight excluding hydrogens is 442 g/mol. The van der Waals surface area contributed by atoms with E-state index in [9.17, 15) is 30.0 Å². The zero-order valence-electron chi connectivity index (χ0n) is 17.2. The van der Waals surface area contributed by atoms with Crippen LogP contribution in [0.15, 0.2) is 45.6 Å². The number of H-pyrrole nitrogens is 1. The molecular formula is C21H21NO11. The third-order valence-electron chi connectivity index (χ3n) is 5.14. The van der Waals surface area contributed by atoms with E-state index in [1.54, 1.807) is 0 Å². The minimum absolute atomic E-state index is 0.0179. The van der Waals surface area contributed by atoms with Crippen LogP contribution in [0.1, 0.15) is 10.4 Å². The van der Waals surface area contributed by atoms with Crippen molar-refractivity contribution in [3.8, 4) is 17.2 Å². The first-order chi connectivity index (χ1) is 15.8. The third-order valence-corrected chi connectivity index (χ3v) is 5.14. The Morgan fingerprint density at radius 3 is 2.67 bits per heavy atom. The van der Waals surface area contributed by atoms with E-state index in [1.807, 2.05) is 0 Å². The van der Waals surface area contributed by atoms with Gasteiger partial charge in [0.2, 0.25) is 6.29 Å². The van der Waals surface area contributed by atoms with Gasteiger partial charge < -0.3 is 43.8 Å². The predicted molar refractivity (Wildman–Crippen MR) is 109 cm³/mol. The zero-order valence-corrected chi connectivity index (χ0v) is 17.2. The summed E-state index contributed by atoms with van der Waals surface area (Å²) < 4.78 is 26.6. The fourth-order valence-electron chi connectivity index (χ4n) is 3.44. The number of hydrogen-bond donors (Lipinski definition) is 5. The summed E-state index contributed by atoms with van der Waals surface area (Å²) in [4.78, 5) is 26.7. The second kappa shape index (κ2) is 9.11. The zero-order chi connectivity index (χ0) is 23.7. The molecule has 1 fully saturated rings. The molecule has 3 aromatic rings. The van der Waals surface area contributed by atoms with Crippen LogP contribution in [-0.4, -0.2) is 75.8 Å². The van der Waals surface area contributed by atoms with Crippen molar-refractivity contribution in [3.63, 3.8) is 0 Å². The number of esters is 1. The van der Waals surface area contributed by atoms with E-state index >= 15 is 0 Å². The van der Waals surface area contributed by atoms with E-state index in [0.717, 1.165) is 0 Å². The molecule has 1 aliphatic heterocycles. The number of rotatable bonds is 6. The molecule has 0 radical (unpaired) electrons. The van der Waals surface area contributed by atoms with Crippen LogP contribution in [0.4, 0.5) is 0 Å². The fourth-order valence-corrected chi connectivity index (χ4v) is 3.44. The van der Waals surface area contributed by atoms with Gasteiger partial charge in [-0.1, -0.05) is 6.07 Å². The topological polar surface area (TPSA) is 181 Å². The maximum absolute atomic E-state index is 12.7. The van der Waals surface area contributed by atoms with Crippen LogP contribution in [0.5, 0.6) is 17.2 Å². The molecule has 33 heavy (non-hydrogen) atoms. The molecule has 176 valence electrons. The number of phenols is 1. The van der Waals surface area contributed by atoms with Crippen LogP contribution >= 0.6 is 0 Å². The first-order valence-corrected chi connectivity index (χ1v) is 9.81. The number of fused-ring (bicyclic) bond motifs is 1. The van der Waals surface area contributed by atoms with Gasteiger partial charge in [-0.25, -0.2) is 9.59 Å². The lowest BCUT2D eigenvalue weighted by molar-refractivity contribution is -0.276. The van der Waals surface area contributed by atoms with Gasteiger partial charge in [-0.05, 0) is 30.3 Å². The van der Waals surface area contributed by atoms with E-state index in [2.05, 4.69) is 4.98 Å². The summed E-state index contributed by atoms with van der Waals surface area (Å²) in [6, 6.07) is 8.27. The number of hydrogen-bond acceptors (Lipinski definition) is 11. The van der Waals surface area contributed by atoms with Crippen molar-refractivity contribution in [2.24, 2.45) is 0 Å². The lowest BCUT2D eigenvalue weighted by Gasteiger charge is -2.41. The monoisotopic (exact) mass is 463 g/mol. The highest BCUT2D eigenvalue weighted by molar-refractivity contribution is 5.90. The molecule has 12 heteroatoms. The average Bonchev–Trinajstić information content (AvgIpc) is 3.20. The molecule has 0 saturated carbocycles. The second-order valence-electron chi connectivity index (χ2n) is 7.22. The van der Waals surface area contributed by atoms with Crippen LogP contribution in [0, 0.1) is 0 Å². The Morgan fingerprint density at radius 2 is 1.94 bits per heavy atom. The van der Waals surface area contributed by atoms with Crippen molar-refractivity contribution in [2.45, 2.75) is 30.7 Å². The van der Waals surface area contributed by atoms with Gasteiger partial charge in [0.25, 0.3) is 0 Å². The van der Waals surface area contributed by atoms with Crippen LogP contribution in [-0.2, 0) is 9.47 Å². The molecule has 12 nitrogen and oxygen atoms in total. The molecule has 4 rings (SSSR count). The molecule has 2 aromatic carbocycles. The Bertz CT molecular complexity index is 1200. The number of aliphatic hydroxyl groups is 3. The van der Waals surface area contributed by atoms with Gasteiger partial charge in [0, 0.05) is 0 Å². The molecule has 0 amide bonds. The van der Waals surface area contributed by atoms with Crippen molar-refractivity contribution in [1.29, 1.82) is 0 Å². The smallest absolute Gasteiger partial charge is 0.417 e. The number of carbonyl (C=O) groups is 1. The fraction of sp³-hybridized carbons (Fsp3) is 0.333. The summed E-state index contributed by atoms with van der Waals surface area (Å²) in [7, 11) is 1.30. The molecule has 0 aliphatic carbocycles. The van der Waals surface area contributed by atoms with E-state index in [0.29, 0.717) is 0 Å². The first-order valence-electron chi connectivity index (χ1n) is 9.81. The van der Waals surface area contributed by atoms with Gasteiger partial charge in [0.05, 0.1) is 19.3 Å². The number of oxazole rings is 1. The highest BCUT2D eigenvalue weighted by atomic mass is 16.7. The Hall–Kier alpha value is -3.58. The van der Waals surface area contributed by atoms with Crippen molar-refractivity contribution in [3.05, 3.63) is 52.5 Å². The SMILES string of the molecule is COc1cc(C(=O)O[C@H]2[C@H](Oc3cccc4oc(=O)[nH]c34)O[C@H](CO)[C@@H](O)[C@@H]2O)ccc1O. The highest BCUT2D eigenvalue weighted by Crippen LogP contribution is 2.31. The largest absolute Gasteiger partial charge is 0.504 e. The molecule has 0 bridgehead atoms. The van der Waals surface area contributed by atoms with Crippen LogP contribution in [0.2, 0.25) is 0 Å². The van der Waals surface area contributed by atoms with Gasteiger partial charge in [-0.15, -0.1) is 0 Å². The number of aliphatic hydroxyl groups excluding tert-OH is 3. The van der Waals surface area contributed by atoms with Crippen LogP contribution in [0.3, 0.4) is 0 Å². The third kappa shape index (κ3) is 4.36. The highest BCUT2D eigenvalue weighted by Gasteiger charge is 2.48. The number of para-hydroxylation sites is 1. The predicted octanol–water partition coefficient (Wildman–Crippen LogP) is -0.121. The van der Waals surface area contributed by atoms with Gasteiger partial charge in [-0.3, -0.25) is 4.98 Å². The molecule has 2 heterocycles. The molecule has 1 aromatic heterocycles. The van der Waals surface area contributed by atoms with Gasteiger partial charge in [0.15, 0.2) is 28.9 Å². The summed E-state index contributed by atoms with van der Waals surface area (Å²) in [5.41, 5.74) is 0.369. The maximum Gasteiger partial charge on any atom is 0.417 e. The number of ether oxygens (including phenoxy) is 4. The minimum atomic E-state index is -1.69. The number of nitrogens with one attached hydrogen (secondary N) is 1. The molecule has 1 aliphatic rings. The Balaban J connectivity index is 1.64. The normalized spacial score (nSPS) is 25.0. The van der Waals surface area contributed by atoms with Gasteiger partial charge >= 0.3 is 11.7 Å². The van der Waals surface area contributed by atoms with Crippen molar-refractivity contribution in [1.82, 2.24) is 4.98 Å². The summed E-state index contributed by atoms with van der Waals surface area (Å²) in [5, 5.41) is 40.1. The Labute approximate surface area is 185 Å². The van der Waals surface area contributed by atoms with Crippen LogP contribution < -0.4 is 15.2 Å². The van der Waals surface area contributed by atoms with E-state index in [4.69, 9.17) is 23.4 Å². The van der Waals surface area contributed by atoms with Crippen molar-refractivity contribution in [2.75, 3.05) is 13.7 Å². The number of benzene rings is 2. The molecule has 1 saturated heterocycles. The number of methoxy groups -OCH3 is 1. The van der Waals surface area contributed by atoms with E-state index in [-0.39, 0.29) is 33.9 Å². The molecule has 0 unspecified atom stereocenters. The van der Waals surface area contributed by atoms with E-state index in [1.165, 1.54) is 43.5 Å². The van der Waals surface area contributed by atoms with Gasteiger partial charge in [-0.2, -0.15) is 0 Å². The van der Waals surface area contributed by atoms with E-state index < -0.39 is 49.0 Å². The maximum atomic E-state index is 12.7. The number of phenolic OH excluding ortho intramolecular Hbond substituents is 1. The second-order valence-corrected chi connectivity index (χ2v) is 7.22. The lowest BCUT2D eigenvalue weighted by Crippen LogP contribution is -2.61. The standard InChI is InChI=1S/C21H21NO11/c1-29-13-7-9(5-6-10(13)24)19(27)33-18-17(26)16(25)14(8-23)31-20(18)30-11-3-2-4-12-15(11)22-21(28)32-12/h2-7,14,16-18,20,23-26H,8H2,1H3,(H,22,28)/t14-,16-,17+,18-,20-/m1/s1. The van der Waals surface area contributed by atoms with Gasteiger partial charge in [0.1, 0.15) is 23.8 Å². The number of carbonyl (C=O) groups excluding carboxylic acids is 1. The molecule has 0 spiro atoms. The Kier molecular flexibility index (Phi) is 6.24. The number of aromatic hydroxyl groups is 1. The number of aromatic nitrogens is 1. The van der Waals surface area contributed by atoms with Crippen molar-refractivity contribution >= 4 is 17.1 Å².